The number of carbonyl (C=O) groups is 3. The highest BCUT2D eigenvalue weighted by Gasteiger charge is 2.38. The second kappa shape index (κ2) is 4.55. The lowest BCUT2D eigenvalue weighted by Gasteiger charge is -2.23. The lowest BCUT2D eigenvalue weighted by Crippen LogP contribution is -2.39. The molecule has 3 unspecified atom stereocenters. The standard InChI is InChI=1S/C11H17NO3/c1-7(6-13)4-9(3)12-10(14)5-8(2)11(12)15/h6-9H,4-5H2,1-3H3. The summed E-state index contributed by atoms with van der Waals surface area (Å²) in [5, 5.41) is 0. The molecule has 4 nitrogen and oxygen atoms in total. The zero-order chi connectivity index (χ0) is 11.6. The van der Waals surface area contributed by atoms with Gasteiger partial charge in [-0.15, -0.1) is 0 Å². The molecule has 1 heterocycles. The van der Waals surface area contributed by atoms with Crippen molar-refractivity contribution in [3.8, 4) is 0 Å². The smallest absolute Gasteiger partial charge is 0.232 e. The number of hydrogen-bond donors (Lipinski definition) is 0. The first-order valence-electron chi connectivity index (χ1n) is 5.28. The van der Waals surface area contributed by atoms with E-state index in [1.54, 1.807) is 13.8 Å². The number of hydrogen-bond acceptors (Lipinski definition) is 3. The van der Waals surface area contributed by atoms with Crippen LogP contribution in [0.4, 0.5) is 0 Å². The Hall–Kier alpha value is -1.19. The quantitative estimate of drug-likeness (QED) is 0.515. The first-order valence-corrected chi connectivity index (χ1v) is 5.28. The van der Waals surface area contributed by atoms with E-state index >= 15 is 0 Å². The minimum absolute atomic E-state index is 0.106. The van der Waals surface area contributed by atoms with Crippen molar-refractivity contribution in [3.63, 3.8) is 0 Å². The van der Waals surface area contributed by atoms with Crippen molar-refractivity contribution in [3.05, 3.63) is 0 Å². The Morgan fingerprint density at radius 2 is 2.07 bits per heavy atom. The molecule has 0 radical (unpaired) electrons. The van der Waals surface area contributed by atoms with E-state index in [9.17, 15) is 14.4 Å². The summed E-state index contributed by atoms with van der Waals surface area (Å²) in [6.45, 7) is 5.36. The second-order valence-electron chi connectivity index (χ2n) is 4.41. The molecule has 84 valence electrons. The molecule has 1 aliphatic rings. The highest BCUT2D eigenvalue weighted by atomic mass is 16.2. The maximum atomic E-state index is 11.6. The van der Waals surface area contributed by atoms with E-state index in [0.29, 0.717) is 12.8 Å². The minimum atomic E-state index is -0.202. The van der Waals surface area contributed by atoms with Gasteiger partial charge in [-0.2, -0.15) is 0 Å². The molecule has 3 atom stereocenters. The average Bonchev–Trinajstić information content (AvgIpc) is 2.41. The Morgan fingerprint density at radius 1 is 1.47 bits per heavy atom. The summed E-state index contributed by atoms with van der Waals surface area (Å²) in [5.41, 5.74) is 0. The summed E-state index contributed by atoms with van der Waals surface area (Å²) in [6.07, 6.45) is 1.71. The maximum absolute atomic E-state index is 11.6. The third kappa shape index (κ3) is 2.43. The van der Waals surface area contributed by atoms with Crippen LogP contribution in [0.15, 0.2) is 0 Å². The lowest BCUT2D eigenvalue weighted by molar-refractivity contribution is -0.142. The van der Waals surface area contributed by atoms with E-state index in [1.165, 1.54) is 4.90 Å². The first kappa shape index (κ1) is 11.9. The summed E-state index contributed by atoms with van der Waals surface area (Å²) in [7, 11) is 0. The van der Waals surface area contributed by atoms with Gasteiger partial charge in [-0.1, -0.05) is 13.8 Å². The second-order valence-corrected chi connectivity index (χ2v) is 4.41. The normalized spacial score (nSPS) is 25.5. The molecule has 2 amide bonds. The van der Waals surface area contributed by atoms with Gasteiger partial charge in [0.2, 0.25) is 11.8 Å². The summed E-state index contributed by atoms with van der Waals surface area (Å²) in [4.78, 5) is 35.0. The van der Waals surface area contributed by atoms with Crippen molar-refractivity contribution in [2.45, 2.75) is 39.7 Å². The largest absolute Gasteiger partial charge is 0.303 e. The molecule has 0 aromatic rings. The summed E-state index contributed by atoms with van der Waals surface area (Å²) < 4.78 is 0. The van der Waals surface area contributed by atoms with Gasteiger partial charge in [0.25, 0.3) is 0 Å². The zero-order valence-corrected chi connectivity index (χ0v) is 9.40. The number of aldehydes is 1. The predicted molar refractivity (Wildman–Crippen MR) is 54.9 cm³/mol. The van der Waals surface area contributed by atoms with Gasteiger partial charge in [-0.25, -0.2) is 0 Å². The van der Waals surface area contributed by atoms with Crippen LogP contribution in [-0.4, -0.2) is 29.0 Å². The van der Waals surface area contributed by atoms with Crippen LogP contribution in [0.25, 0.3) is 0 Å². The van der Waals surface area contributed by atoms with Crippen LogP contribution in [0, 0.1) is 11.8 Å². The van der Waals surface area contributed by atoms with Gasteiger partial charge >= 0.3 is 0 Å². The van der Waals surface area contributed by atoms with Crippen LogP contribution < -0.4 is 0 Å². The molecular weight excluding hydrogens is 194 g/mol. The number of imide groups is 1. The average molecular weight is 211 g/mol. The molecule has 0 aliphatic carbocycles. The molecule has 1 aliphatic heterocycles. The maximum Gasteiger partial charge on any atom is 0.232 e. The minimum Gasteiger partial charge on any atom is -0.303 e. The molecule has 0 saturated carbocycles. The number of nitrogens with zero attached hydrogens (tertiary/aromatic N) is 1. The van der Waals surface area contributed by atoms with Gasteiger partial charge in [0.05, 0.1) is 0 Å². The van der Waals surface area contributed by atoms with E-state index < -0.39 is 0 Å². The molecule has 1 rings (SSSR count). The molecule has 0 N–H and O–H groups in total. The molecular formula is C11H17NO3. The fraction of sp³-hybridized carbons (Fsp3) is 0.727. The lowest BCUT2D eigenvalue weighted by atomic mass is 10.0. The van der Waals surface area contributed by atoms with Crippen molar-refractivity contribution in [2.75, 3.05) is 0 Å². The van der Waals surface area contributed by atoms with Gasteiger partial charge in [0, 0.05) is 24.3 Å². The first-order chi connectivity index (χ1) is 6.97. The van der Waals surface area contributed by atoms with Gasteiger partial charge in [-0.3, -0.25) is 14.5 Å². The van der Waals surface area contributed by atoms with Crippen LogP contribution in [0.2, 0.25) is 0 Å². The van der Waals surface area contributed by atoms with E-state index in [2.05, 4.69) is 0 Å². The molecule has 1 fully saturated rings. The fourth-order valence-corrected chi connectivity index (χ4v) is 1.97. The third-order valence-corrected chi connectivity index (χ3v) is 2.79. The molecule has 4 heteroatoms. The van der Waals surface area contributed by atoms with Gasteiger partial charge < -0.3 is 4.79 Å². The van der Waals surface area contributed by atoms with Crippen LogP contribution >= 0.6 is 0 Å². The van der Waals surface area contributed by atoms with Gasteiger partial charge in [-0.05, 0) is 13.3 Å². The van der Waals surface area contributed by atoms with Crippen molar-refractivity contribution in [1.82, 2.24) is 4.90 Å². The van der Waals surface area contributed by atoms with E-state index in [0.717, 1.165) is 6.29 Å². The Kier molecular flexibility index (Phi) is 3.61. The van der Waals surface area contributed by atoms with Gasteiger partial charge in [0.1, 0.15) is 6.29 Å². The van der Waals surface area contributed by atoms with Crippen LogP contribution in [0.3, 0.4) is 0 Å². The van der Waals surface area contributed by atoms with Crippen molar-refractivity contribution in [1.29, 1.82) is 0 Å². The Morgan fingerprint density at radius 3 is 2.47 bits per heavy atom. The predicted octanol–water partition coefficient (Wildman–Crippen LogP) is 0.995. The molecule has 0 aromatic heterocycles. The Balaban J connectivity index is 2.66. The van der Waals surface area contributed by atoms with Gasteiger partial charge in [0.15, 0.2) is 0 Å². The molecule has 1 saturated heterocycles. The Labute approximate surface area is 89.6 Å². The van der Waals surface area contributed by atoms with E-state index in [1.807, 2.05) is 6.92 Å². The summed E-state index contributed by atoms with van der Waals surface area (Å²) in [6, 6.07) is -0.171. The van der Waals surface area contributed by atoms with E-state index in [4.69, 9.17) is 0 Å². The van der Waals surface area contributed by atoms with Crippen LogP contribution in [-0.2, 0) is 14.4 Å². The molecule has 0 bridgehead atoms. The summed E-state index contributed by atoms with van der Waals surface area (Å²) in [5.74, 6) is -0.535. The van der Waals surface area contributed by atoms with Crippen LogP contribution in [0.1, 0.15) is 33.6 Å². The fourth-order valence-electron chi connectivity index (χ4n) is 1.97. The molecule has 0 aromatic carbocycles. The number of amides is 2. The summed E-state index contributed by atoms with van der Waals surface area (Å²) >= 11 is 0. The monoisotopic (exact) mass is 211 g/mol. The van der Waals surface area contributed by atoms with Crippen molar-refractivity contribution < 1.29 is 14.4 Å². The number of rotatable bonds is 4. The highest BCUT2D eigenvalue weighted by molar-refractivity contribution is 6.03. The Bertz CT molecular complexity index is 288. The van der Waals surface area contributed by atoms with Crippen LogP contribution in [0.5, 0.6) is 0 Å². The zero-order valence-electron chi connectivity index (χ0n) is 9.40. The number of carbonyl (C=O) groups excluding carboxylic acids is 3. The topological polar surface area (TPSA) is 54.5 Å². The van der Waals surface area contributed by atoms with Crippen molar-refractivity contribution in [2.24, 2.45) is 11.8 Å². The third-order valence-electron chi connectivity index (χ3n) is 2.79. The highest BCUT2D eigenvalue weighted by Crippen LogP contribution is 2.23. The van der Waals surface area contributed by atoms with Crippen molar-refractivity contribution >= 4 is 18.1 Å². The molecule has 15 heavy (non-hydrogen) atoms. The number of likely N-dealkylation sites (tertiary alicyclic amines) is 1. The molecule has 0 spiro atoms. The van der Waals surface area contributed by atoms with E-state index in [-0.39, 0.29) is 29.7 Å². The SMILES string of the molecule is CC(C=O)CC(C)N1C(=O)CC(C)C1=O.